The van der Waals surface area contributed by atoms with Crippen LogP contribution in [0.1, 0.15) is 31.9 Å². The van der Waals surface area contributed by atoms with Gasteiger partial charge in [0.2, 0.25) is 0 Å². The predicted octanol–water partition coefficient (Wildman–Crippen LogP) is 3.12. The summed E-state index contributed by atoms with van der Waals surface area (Å²) in [6, 6.07) is 0. The Balaban J connectivity index is 1.99. The van der Waals surface area contributed by atoms with Gasteiger partial charge in [-0.15, -0.1) is 11.3 Å². The second kappa shape index (κ2) is 5.89. The maximum atomic E-state index is 10.8. The number of carbonyl (C=O) groups is 1. The number of aromatic nitrogens is 2. The van der Waals surface area contributed by atoms with Crippen LogP contribution in [0.3, 0.4) is 0 Å². The maximum Gasteiger partial charge on any atom is 0.328 e. The predicted molar refractivity (Wildman–Crippen MR) is 85.0 cm³/mol. The molecule has 2 heterocycles. The highest BCUT2D eigenvalue weighted by atomic mass is 32.1. The zero-order valence-electron chi connectivity index (χ0n) is 12.0. The molecule has 0 radical (unpaired) electrons. The number of hydrogen-bond acceptors (Lipinski definition) is 4. The Morgan fingerprint density at radius 3 is 3.10 bits per heavy atom. The fourth-order valence-corrected chi connectivity index (χ4v) is 3.21. The number of thiazole rings is 1. The standard InChI is InChI=1S/C15H19N3O2S/c1-2-7-17(10-11-3-4-11)14-12(5-6-13(19)20)18-8-9-21-15(18)16-14/h5-6,8-9,11H,2-4,7,10H2,1H3,(H,19,20)/b6-5+. The molecule has 0 bridgehead atoms. The van der Waals surface area contributed by atoms with Crippen molar-refractivity contribution in [2.24, 2.45) is 5.92 Å². The van der Waals surface area contributed by atoms with Crippen molar-refractivity contribution in [2.45, 2.75) is 26.2 Å². The van der Waals surface area contributed by atoms with Gasteiger partial charge in [0.15, 0.2) is 10.8 Å². The number of nitrogens with zero attached hydrogens (tertiary/aromatic N) is 3. The van der Waals surface area contributed by atoms with Gasteiger partial charge in [-0.25, -0.2) is 9.78 Å². The molecule has 112 valence electrons. The van der Waals surface area contributed by atoms with Crippen molar-refractivity contribution in [2.75, 3.05) is 18.0 Å². The van der Waals surface area contributed by atoms with E-state index in [-0.39, 0.29) is 0 Å². The van der Waals surface area contributed by atoms with Crippen molar-refractivity contribution in [3.8, 4) is 0 Å². The summed E-state index contributed by atoms with van der Waals surface area (Å²) in [6.07, 6.45) is 8.43. The number of carboxylic acids is 1. The summed E-state index contributed by atoms with van der Waals surface area (Å²) in [5.74, 6) is 0.746. The highest BCUT2D eigenvalue weighted by Gasteiger charge is 2.26. The van der Waals surface area contributed by atoms with Gasteiger partial charge in [-0.2, -0.15) is 0 Å². The first-order valence-electron chi connectivity index (χ1n) is 7.30. The van der Waals surface area contributed by atoms with Gasteiger partial charge in [-0.3, -0.25) is 4.40 Å². The van der Waals surface area contributed by atoms with Gasteiger partial charge in [0.25, 0.3) is 0 Å². The van der Waals surface area contributed by atoms with Crippen molar-refractivity contribution >= 4 is 34.2 Å². The minimum atomic E-state index is -0.935. The van der Waals surface area contributed by atoms with E-state index in [1.54, 1.807) is 17.4 Å². The van der Waals surface area contributed by atoms with E-state index < -0.39 is 5.97 Å². The van der Waals surface area contributed by atoms with E-state index in [2.05, 4.69) is 11.8 Å². The Morgan fingerprint density at radius 2 is 2.43 bits per heavy atom. The van der Waals surface area contributed by atoms with Gasteiger partial charge >= 0.3 is 5.97 Å². The number of imidazole rings is 1. The van der Waals surface area contributed by atoms with Crippen LogP contribution in [0.5, 0.6) is 0 Å². The zero-order valence-corrected chi connectivity index (χ0v) is 12.8. The van der Waals surface area contributed by atoms with Gasteiger partial charge in [-0.05, 0) is 31.3 Å². The number of fused-ring (bicyclic) bond motifs is 1. The van der Waals surface area contributed by atoms with Crippen LogP contribution in [0.15, 0.2) is 17.7 Å². The second-order valence-electron chi connectivity index (χ2n) is 5.44. The molecule has 1 aliphatic carbocycles. The lowest BCUT2D eigenvalue weighted by Gasteiger charge is -2.22. The fraction of sp³-hybridized carbons (Fsp3) is 0.467. The van der Waals surface area contributed by atoms with E-state index >= 15 is 0 Å². The molecule has 6 heteroatoms. The Hall–Kier alpha value is -1.82. The van der Waals surface area contributed by atoms with Gasteiger partial charge in [0.1, 0.15) is 0 Å². The van der Waals surface area contributed by atoms with Crippen LogP contribution >= 0.6 is 11.3 Å². The zero-order chi connectivity index (χ0) is 14.8. The van der Waals surface area contributed by atoms with Crippen LogP contribution in [0, 0.1) is 5.92 Å². The van der Waals surface area contributed by atoms with E-state index in [0.29, 0.717) is 0 Å². The van der Waals surface area contributed by atoms with Gasteiger partial charge < -0.3 is 10.0 Å². The molecule has 0 spiro atoms. The first-order valence-corrected chi connectivity index (χ1v) is 8.18. The molecule has 0 amide bonds. The SMILES string of the molecule is CCCN(CC1CC1)c1nc2sccn2c1/C=C/C(=O)O. The number of hydrogen-bond donors (Lipinski definition) is 1. The maximum absolute atomic E-state index is 10.8. The van der Waals surface area contributed by atoms with Crippen LogP contribution in [0.25, 0.3) is 11.0 Å². The van der Waals surface area contributed by atoms with E-state index in [0.717, 1.165) is 41.9 Å². The average molecular weight is 305 g/mol. The second-order valence-corrected chi connectivity index (χ2v) is 6.31. The summed E-state index contributed by atoms with van der Waals surface area (Å²) < 4.78 is 1.97. The van der Waals surface area contributed by atoms with Gasteiger partial charge in [0.05, 0.1) is 5.69 Å². The van der Waals surface area contributed by atoms with Crippen LogP contribution in [-0.2, 0) is 4.79 Å². The molecule has 0 aliphatic heterocycles. The third-order valence-electron chi connectivity index (χ3n) is 3.63. The average Bonchev–Trinajstić information content (AvgIpc) is 3.02. The summed E-state index contributed by atoms with van der Waals surface area (Å²) in [5, 5.41) is 10.9. The Kier molecular flexibility index (Phi) is 3.96. The number of anilines is 1. The van der Waals surface area contributed by atoms with Crippen LogP contribution in [0.4, 0.5) is 5.82 Å². The Morgan fingerprint density at radius 1 is 1.62 bits per heavy atom. The molecule has 21 heavy (non-hydrogen) atoms. The fourth-order valence-electron chi connectivity index (χ4n) is 2.50. The summed E-state index contributed by atoms with van der Waals surface area (Å²) in [6.45, 7) is 4.13. The van der Waals surface area contributed by atoms with E-state index in [1.807, 2.05) is 16.0 Å². The molecule has 5 nitrogen and oxygen atoms in total. The van der Waals surface area contributed by atoms with Crippen molar-refractivity contribution in [3.63, 3.8) is 0 Å². The molecule has 1 aliphatic rings. The Bertz CT molecular complexity index is 670. The molecule has 1 saturated carbocycles. The van der Waals surface area contributed by atoms with Gasteiger partial charge in [-0.1, -0.05) is 6.92 Å². The number of carboxylic acid groups (broad SMARTS) is 1. The molecule has 2 aromatic heterocycles. The lowest BCUT2D eigenvalue weighted by Crippen LogP contribution is -2.27. The molecule has 3 rings (SSSR count). The summed E-state index contributed by atoms with van der Waals surface area (Å²) in [5.41, 5.74) is 0.864. The lowest BCUT2D eigenvalue weighted by atomic mass is 10.3. The molecule has 1 N–H and O–H groups in total. The molecule has 2 aromatic rings. The van der Waals surface area contributed by atoms with Gasteiger partial charge in [0, 0.05) is 30.7 Å². The number of aliphatic carboxylic acids is 1. The lowest BCUT2D eigenvalue weighted by molar-refractivity contribution is -0.131. The minimum Gasteiger partial charge on any atom is -0.478 e. The topological polar surface area (TPSA) is 57.8 Å². The highest BCUT2D eigenvalue weighted by molar-refractivity contribution is 7.15. The summed E-state index contributed by atoms with van der Waals surface area (Å²) in [4.78, 5) is 18.8. The third-order valence-corrected chi connectivity index (χ3v) is 4.39. The molecule has 1 fully saturated rings. The summed E-state index contributed by atoms with van der Waals surface area (Å²) in [7, 11) is 0. The van der Waals surface area contributed by atoms with Crippen molar-refractivity contribution < 1.29 is 9.90 Å². The van der Waals surface area contributed by atoms with Crippen LogP contribution in [0.2, 0.25) is 0 Å². The first-order chi connectivity index (χ1) is 10.2. The van der Waals surface area contributed by atoms with Crippen molar-refractivity contribution in [1.29, 1.82) is 0 Å². The van der Waals surface area contributed by atoms with Crippen molar-refractivity contribution in [1.82, 2.24) is 9.38 Å². The minimum absolute atomic E-state index is 0.771. The largest absolute Gasteiger partial charge is 0.478 e. The van der Waals surface area contributed by atoms with Crippen LogP contribution in [-0.4, -0.2) is 33.6 Å². The van der Waals surface area contributed by atoms with E-state index in [9.17, 15) is 4.79 Å². The molecule has 0 saturated heterocycles. The molecule has 0 unspecified atom stereocenters. The molecule has 0 atom stereocenters. The molecular formula is C15H19N3O2S. The van der Waals surface area contributed by atoms with Crippen LogP contribution < -0.4 is 4.90 Å². The highest BCUT2D eigenvalue weighted by Crippen LogP contribution is 2.33. The van der Waals surface area contributed by atoms with E-state index in [1.165, 1.54) is 18.9 Å². The third kappa shape index (κ3) is 3.10. The number of rotatable bonds is 7. The molecule has 0 aromatic carbocycles. The van der Waals surface area contributed by atoms with Crippen molar-refractivity contribution in [3.05, 3.63) is 23.3 Å². The summed E-state index contributed by atoms with van der Waals surface area (Å²) >= 11 is 1.57. The normalized spacial score (nSPS) is 15.1. The quantitative estimate of drug-likeness (QED) is 0.799. The molecular weight excluding hydrogens is 286 g/mol. The smallest absolute Gasteiger partial charge is 0.328 e. The Labute approximate surface area is 127 Å². The van der Waals surface area contributed by atoms with E-state index in [4.69, 9.17) is 10.1 Å². The first kappa shape index (κ1) is 14.1. The monoisotopic (exact) mass is 305 g/mol.